The number of aryl methyl sites for hydroxylation is 1. The summed E-state index contributed by atoms with van der Waals surface area (Å²) in [5, 5.41) is 10.7. The van der Waals surface area contributed by atoms with Crippen molar-refractivity contribution in [3.8, 4) is 5.75 Å². The lowest BCUT2D eigenvalue weighted by atomic mass is 9.98. The highest BCUT2D eigenvalue weighted by Crippen LogP contribution is 2.24. The molecule has 170 valence electrons. The van der Waals surface area contributed by atoms with Crippen molar-refractivity contribution < 1.29 is 14.5 Å². The highest BCUT2D eigenvalue weighted by atomic mass is 16.6. The molecule has 1 amide bonds. The van der Waals surface area contributed by atoms with Gasteiger partial charge >= 0.3 is 0 Å². The molecule has 2 fully saturated rings. The molecule has 8 heteroatoms. The lowest BCUT2D eigenvalue weighted by Gasteiger charge is -2.41. The zero-order valence-corrected chi connectivity index (χ0v) is 18.3. The van der Waals surface area contributed by atoms with Gasteiger partial charge in [0.2, 0.25) is 5.91 Å². The third kappa shape index (κ3) is 5.82. The average molecular weight is 439 g/mol. The number of likely N-dealkylation sites (tertiary alicyclic amines) is 2. The molecule has 0 atom stereocenters. The lowest BCUT2D eigenvalue weighted by Crippen LogP contribution is -2.50. The summed E-state index contributed by atoms with van der Waals surface area (Å²) in [6.07, 6.45) is 8.90. The fourth-order valence-electron chi connectivity index (χ4n) is 4.64. The molecule has 2 aliphatic rings. The lowest BCUT2D eigenvalue weighted by molar-refractivity contribution is -0.384. The van der Waals surface area contributed by atoms with Gasteiger partial charge in [-0.05, 0) is 49.8 Å². The van der Waals surface area contributed by atoms with E-state index in [-0.39, 0.29) is 17.7 Å². The number of hydrogen-bond donors (Lipinski definition) is 0. The van der Waals surface area contributed by atoms with Crippen LogP contribution in [0, 0.1) is 10.1 Å². The number of hydrogen-bond acceptors (Lipinski definition) is 6. The minimum Gasteiger partial charge on any atom is -0.490 e. The van der Waals surface area contributed by atoms with Crippen molar-refractivity contribution in [2.45, 2.75) is 50.7 Å². The normalized spacial score (nSPS) is 18.4. The molecule has 2 aromatic rings. The Morgan fingerprint density at radius 2 is 1.66 bits per heavy atom. The van der Waals surface area contributed by atoms with Crippen LogP contribution in [-0.4, -0.2) is 63.9 Å². The maximum atomic E-state index is 12.6. The first-order chi connectivity index (χ1) is 15.6. The van der Waals surface area contributed by atoms with Crippen LogP contribution in [0.2, 0.25) is 0 Å². The van der Waals surface area contributed by atoms with Crippen LogP contribution in [0.25, 0.3) is 0 Å². The number of nitro benzene ring substituents is 1. The van der Waals surface area contributed by atoms with Gasteiger partial charge in [-0.15, -0.1) is 0 Å². The molecule has 2 saturated heterocycles. The number of aromatic nitrogens is 1. The van der Waals surface area contributed by atoms with Crippen molar-refractivity contribution in [3.63, 3.8) is 0 Å². The second-order valence-electron chi connectivity index (χ2n) is 8.57. The van der Waals surface area contributed by atoms with Crippen LogP contribution in [0.5, 0.6) is 5.75 Å². The minimum absolute atomic E-state index is 0.0788. The number of amides is 1. The number of nitro groups is 1. The number of ether oxygens (including phenoxy) is 1. The summed E-state index contributed by atoms with van der Waals surface area (Å²) in [7, 11) is 0. The van der Waals surface area contributed by atoms with Crippen molar-refractivity contribution in [3.05, 3.63) is 64.5 Å². The predicted molar refractivity (Wildman–Crippen MR) is 120 cm³/mol. The van der Waals surface area contributed by atoms with Gasteiger partial charge in [0, 0.05) is 63.2 Å². The maximum Gasteiger partial charge on any atom is 0.269 e. The van der Waals surface area contributed by atoms with E-state index in [1.165, 1.54) is 12.1 Å². The summed E-state index contributed by atoms with van der Waals surface area (Å²) in [6.45, 7) is 3.68. The standard InChI is InChI=1S/C24H30N4O4/c29-24(6-3-19-1-4-21(5-2-19)28(30)31)27-15-9-20(10-16-27)26-17-11-23(12-18-26)32-22-7-13-25-14-8-22/h1-2,4-5,7-8,13-14,20,23H,3,6,9-12,15-18H2. The number of nitrogens with zero attached hydrogens (tertiary/aromatic N) is 4. The smallest absolute Gasteiger partial charge is 0.269 e. The molecule has 2 aliphatic heterocycles. The molecule has 0 N–H and O–H groups in total. The number of non-ortho nitro benzene ring substituents is 1. The van der Waals surface area contributed by atoms with Gasteiger partial charge in [-0.25, -0.2) is 0 Å². The fraction of sp³-hybridized carbons (Fsp3) is 0.500. The number of carbonyl (C=O) groups excluding carboxylic acids is 1. The molecular weight excluding hydrogens is 408 g/mol. The highest BCUT2D eigenvalue weighted by molar-refractivity contribution is 5.76. The van der Waals surface area contributed by atoms with Gasteiger partial charge in [0.25, 0.3) is 5.69 Å². The molecule has 0 bridgehead atoms. The van der Waals surface area contributed by atoms with Gasteiger partial charge in [0.05, 0.1) is 4.92 Å². The first-order valence-electron chi connectivity index (χ1n) is 11.4. The van der Waals surface area contributed by atoms with Gasteiger partial charge in [-0.3, -0.25) is 24.8 Å². The number of benzene rings is 1. The minimum atomic E-state index is -0.407. The molecule has 1 aromatic heterocycles. The molecule has 32 heavy (non-hydrogen) atoms. The summed E-state index contributed by atoms with van der Waals surface area (Å²) in [5.74, 6) is 1.06. The van der Waals surface area contributed by atoms with E-state index in [0.29, 0.717) is 18.9 Å². The first kappa shape index (κ1) is 22.2. The van der Waals surface area contributed by atoms with Crippen molar-refractivity contribution >= 4 is 11.6 Å². The number of carbonyl (C=O) groups is 1. The summed E-state index contributed by atoms with van der Waals surface area (Å²) in [5.41, 5.74) is 1.03. The Hall–Kier alpha value is -3.00. The fourth-order valence-corrected chi connectivity index (χ4v) is 4.64. The zero-order valence-electron chi connectivity index (χ0n) is 18.3. The summed E-state index contributed by atoms with van der Waals surface area (Å²) < 4.78 is 6.07. The Balaban J connectivity index is 1.16. The summed E-state index contributed by atoms with van der Waals surface area (Å²) >= 11 is 0. The van der Waals surface area contributed by atoms with Gasteiger partial charge in [-0.2, -0.15) is 0 Å². The maximum absolute atomic E-state index is 12.6. The largest absolute Gasteiger partial charge is 0.490 e. The van der Waals surface area contributed by atoms with Crippen molar-refractivity contribution in [2.75, 3.05) is 26.2 Å². The van der Waals surface area contributed by atoms with E-state index < -0.39 is 4.92 Å². The second kappa shape index (κ2) is 10.5. The van der Waals surface area contributed by atoms with Crippen LogP contribution < -0.4 is 4.74 Å². The van der Waals surface area contributed by atoms with Gasteiger partial charge in [0.1, 0.15) is 11.9 Å². The molecule has 0 saturated carbocycles. The Bertz CT molecular complexity index is 890. The molecule has 1 aromatic carbocycles. The van der Waals surface area contributed by atoms with Crippen LogP contribution in [0.3, 0.4) is 0 Å². The SMILES string of the molecule is O=C(CCc1ccc([N+](=O)[O-])cc1)N1CCC(N2CCC(Oc3ccncc3)CC2)CC1. The van der Waals surface area contributed by atoms with Gasteiger partial charge < -0.3 is 9.64 Å². The van der Waals surface area contributed by atoms with E-state index in [4.69, 9.17) is 4.74 Å². The highest BCUT2D eigenvalue weighted by Gasteiger charge is 2.30. The van der Waals surface area contributed by atoms with Crippen molar-refractivity contribution in [1.82, 2.24) is 14.8 Å². The first-order valence-corrected chi connectivity index (χ1v) is 11.4. The van der Waals surface area contributed by atoms with Crippen LogP contribution in [0.1, 0.15) is 37.7 Å². The van der Waals surface area contributed by atoms with Crippen LogP contribution in [0.15, 0.2) is 48.8 Å². The Kier molecular flexibility index (Phi) is 7.32. The number of rotatable bonds is 7. The molecule has 0 radical (unpaired) electrons. The molecule has 8 nitrogen and oxygen atoms in total. The van der Waals surface area contributed by atoms with Gasteiger partial charge in [0.15, 0.2) is 0 Å². The second-order valence-corrected chi connectivity index (χ2v) is 8.57. The van der Waals surface area contributed by atoms with E-state index in [0.717, 1.165) is 63.2 Å². The number of pyridine rings is 1. The van der Waals surface area contributed by atoms with Gasteiger partial charge in [-0.1, -0.05) is 12.1 Å². The third-order valence-corrected chi connectivity index (χ3v) is 6.54. The van der Waals surface area contributed by atoms with E-state index in [1.54, 1.807) is 24.5 Å². The van der Waals surface area contributed by atoms with Crippen LogP contribution in [0.4, 0.5) is 5.69 Å². The number of piperidine rings is 2. The molecule has 0 spiro atoms. The monoisotopic (exact) mass is 438 g/mol. The molecule has 0 unspecified atom stereocenters. The van der Waals surface area contributed by atoms with E-state index in [2.05, 4.69) is 9.88 Å². The topological polar surface area (TPSA) is 88.8 Å². The van der Waals surface area contributed by atoms with E-state index >= 15 is 0 Å². The zero-order chi connectivity index (χ0) is 22.3. The quantitative estimate of drug-likeness (QED) is 0.486. The predicted octanol–water partition coefficient (Wildman–Crippen LogP) is 3.46. The average Bonchev–Trinajstić information content (AvgIpc) is 2.84. The van der Waals surface area contributed by atoms with Crippen molar-refractivity contribution in [2.24, 2.45) is 0 Å². The molecule has 4 rings (SSSR count). The Labute approximate surface area is 188 Å². The van der Waals surface area contributed by atoms with E-state index in [9.17, 15) is 14.9 Å². The molecule has 3 heterocycles. The molecular formula is C24H30N4O4. The summed E-state index contributed by atoms with van der Waals surface area (Å²) in [4.78, 5) is 31.5. The third-order valence-electron chi connectivity index (χ3n) is 6.54. The Morgan fingerprint density at radius 3 is 2.28 bits per heavy atom. The van der Waals surface area contributed by atoms with Crippen LogP contribution >= 0.6 is 0 Å². The van der Waals surface area contributed by atoms with E-state index in [1.807, 2.05) is 17.0 Å². The summed E-state index contributed by atoms with van der Waals surface area (Å²) in [6, 6.07) is 10.8. The Morgan fingerprint density at radius 1 is 1.00 bits per heavy atom. The van der Waals surface area contributed by atoms with Crippen LogP contribution in [-0.2, 0) is 11.2 Å². The van der Waals surface area contributed by atoms with Crippen molar-refractivity contribution in [1.29, 1.82) is 0 Å². The molecule has 0 aliphatic carbocycles.